The molecule has 0 bridgehead atoms. The van der Waals surface area contributed by atoms with Gasteiger partial charge in [0, 0.05) is 33.9 Å². The van der Waals surface area contributed by atoms with Gasteiger partial charge in [-0.05, 0) is 47.5 Å². The molecule has 2 heterocycles. The van der Waals surface area contributed by atoms with Gasteiger partial charge in [-0.15, -0.1) is 0 Å². The number of aryl methyl sites for hydroxylation is 2. The third-order valence-corrected chi connectivity index (χ3v) is 5.54. The minimum absolute atomic E-state index is 0.116. The number of hydrogen-bond acceptors (Lipinski definition) is 3. The quantitative estimate of drug-likeness (QED) is 0.560. The maximum absolute atomic E-state index is 12.2. The highest BCUT2D eigenvalue weighted by Gasteiger charge is 2.11. The molecular weight excluding hydrogens is 453 g/mol. The summed E-state index contributed by atoms with van der Waals surface area (Å²) < 4.78 is 4.51. The van der Waals surface area contributed by atoms with Crippen LogP contribution in [0.2, 0.25) is 10.0 Å². The Kier molecular flexibility index (Phi) is 6.24. The molecule has 1 aromatic carbocycles. The summed E-state index contributed by atoms with van der Waals surface area (Å²) in [6, 6.07) is 7.20. The third-order valence-electron chi connectivity index (χ3n) is 4.18. The smallest absolute Gasteiger partial charge is 0.227 e. The zero-order chi connectivity index (χ0) is 19.6. The molecule has 142 valence electrons. The van der Waals surface area contributed by atoms with E-state index in [1.165, 1.54) is 0 Å². The van der Waals surface area contributed by atoms with Gasteiger partial charge >= 0.3 is 0 Å². The first kappa shape index (κ1) is 19.9. The zero-order valence-electron chi connectivity index (χ0n) is 14.8. The lowest BCUT2D eigenvalue weighted by atomic mass is 10.2. The van der Waals surface area contributed by atoms with E-state index in [1.807, 2.05) is 26.0 Å². The number of carbonyl (C=O) groups is 1. The van der Waals surface area contributed by atoms with Crippen molar-refractivity contribution in [2.45, 2.75) is 33.4 Å². The molecule has 1 amide bonds. The Morgan fingerprint density at radius 1 is 1.22 bits per heavy atom. The Bertz CT molecular complexity index is 982. The predicted molar refractivity (Wildman–Crippen MR) is 110 cm³/mol. The monoisotopic (exact) mass is 469 g/mol. The van der Waals surface area contributed by atoms with Gasteiger partial charge in [-0.2, -0.15) is 10.2 Å². The van der Waals surface area contributed by atoms with Gasteiger partial charge in [0.05, 0.1) is 23.8 Å². The molecule has 2 aromatic heterocycles. The Morgan fingerprint density at radius 3 is 2.67 bits per heavy atom. The number of nitrogens with zero attached hydrogens (tertiary/aromatic N) is 4. The Morgan fingerprint density at radius 2 is 2.00 bits per heavy atom. The molecule has 0 fully saturated rings. The van der Waals surface area contributed by atoms with Crippen LogP contribution in [0.3, 0.4) is 0 Å². The van der Waals surface area contributed by atoms with Crippen LogP contribution in [-0.2, 0) is 17.9 Å². The third kappa shape index (κ3) is 4.91. The standard InChI is InChI=1S/C18H18BrCl2N5O/c1-11-7-17(23-18(27)5-6-25-12(2)15(19)9-22-25)24-26(11)10-13-3-4-14(20)8-16(13)21/h3-4,7-9H,5-6,10H2,1-2H3,(H,23,24,27). The average Bonchev–Trinajstić information content (AvgIpc) is 3.11. The van der Waals surface area contributed by atoms with Gasteiger partial charge in [-0.25, -0.2) is 0 Å². The highest BCUT2D eigenvalue weighted by molar-refractivity contribution is 9.10. The number of rotatable bonds is 6. The van der Waals surface area contributed by atoms with Gasteiger partial charge in [-0.3, -0.25) is 14.2 Å². The van der Waals surface area contributed by atoms with Crippen molar-refractivity contribution in [3.05, 3.63) is 61.9 Å². The van der Waals surface area contributed by atoms with Gasteiger partial charge < -0.3 is 5.32 Å². The van der Waals surface area contributed by atoms with Gasteiger partial charge in [0.2, 0.25) is 5.91 Å². The van der Waals surface area contributed by atoms with Crippen LogP contribution in [0, 0.1) is 13.8 Å². The molecule has 0 saturated carbocycles. The molecule has 27 heavy (non-hydrogen) atoms. The normalized spacial score (nSPS) is 11.0. The number of aromatic nitrogens is 4. The van der Waals surface area contributed by atoms with E-state index in [2.05, 4.69) is 31.4 Å². The maximum Gasteiger partial charge on any atom is 0.227 e. The predicted octanol–water partition coefficient (Wildman–Crippen LogP) is 4.84. The number of hydrogen-bond donors (Lipinski definition) is 1. The number of amides is 1. The SMILES string of the molecule is Cc1cc(NC(=O)CCn2ncc(Br)c2C)nn1Cc1ccc(Cl)cc1Cl. The Labute approximate surface area is 175 Å². The number of carbonyl (C=O) groups excluding carboxylic acids is 1. The second-order valence-corrected chi connectivity index (χ2v) is 7.86. The molecule has 6 nitrogen and oxygen atoms in total. The van der Waals surface area contributed by atoms with Gasteiger partial charge in [0.1, 0.15) is 0 Å². The Hall–Kier alpha value is -1.83. The van der Waals surface area contributed by atoms with Crippen molar-refractivity contribution in [2.24, 2.45) is 0 Å². The molecule has 1 N–H and O–H groups in total. The van der Waals surface area contributed by atoms with Crippen LogP contribution in [-0.4, -0.2) is 25.5 Å². The lowest BCUT2D eigenvalue weighted by Gasteiger charge is -2.07. The molecule has 0 aliphatic heterocycles. The second-order valence-electron chi connectivity index (χ2n) is 6.16. The number of anilines is 1. The summed E-state index contributed by atoms with van der Waals surface area (Å²) in [5.41, 5.74) is 2.82. The highest BCUT2D eigenvalue weighted by Crippen LogP contribution is 2.22. The molecule has 0 unspecified atom stereocenters. The summed E-state index contributed by atoms with van der Waals surface area (Å²) in [6.07, 6.45) is 2.03. The molecule has 0 saturated heterocycles. The average molecular weight is 471 g/mol. The summed E-state index contributed by atoms with van der Waals surface area (Å²) in [5, 5.41) is 12.7. The maximum atomic E-state index is 12.2. The van der Waals surface area contributed by atoms with Crippen LogP contribution >= 0.6 is 39.1 Å². The van der Waals surface area contributed by atoms with E-state index in [9.17, 15) is 4.79 Å². The fraction of sp³-hybridized carbons (Fsp3) is 0.278. The molecule has 0 aliphatic carbocycles. The topological polar surface area (TPSA) is 64.7 Å². The summed E-state index contributed by atoms with van der Waals surface area (Å²) in [6.45, 7) is 4.88. The molecule has 0 aliphatic rings. The largest absolute Gasteiger partial charge is 0.309 e. The van der Waals surface area contributed by atoms with E-state index in [1.54, 1.807) is 27.7 Å². The van der Waals surface area contributed by atoms with E-state index in [-0.39, 0.29) is 5.91 Å². The first-order valence-corrected chi connectivity index (χ1v) is 9.84. The number of halogens is 3. The Balaban J connectivity index is 1.62. The van der Waals surface area contributed by atoms with Crippen molar-refractivity contribution in [2.75, 3.05) is 5.32 Å². The summed E-state index contributed by atoms with van der Waals surface area (Å²) in [7, 11) is 0. The van der Waals surface area contributed by atoms with Crippen molar-refractivity contribution < 1.29 is 4.79 Å². The van der Waals surface area contributed by atoms with E-state index in [0.717, 1.165) is 21.4 Å². The minimum atomic E-state index is -0.116. The van der Waals surface area contributed by atoms with Crippen LogP contribution in [0.15, 0.2) is 34.9 Å². The minimum Gasteiger partial charge on any atom is -0.309 e. The van der Waals surface area contributed by atoms with Crippen molar-refractivity contribution in [3.8, 4) is 0 Å². The summed E-state index contributed by atoms with van der Waals surface area (Å²) in [4.78, 5) is 12.2. The molecule has 0 radical (unpaired) electrons. The van der Waals surface area contributed by atoms with Crippen molar-refractivity contribution >= 4 is 50.9 Å². The lowest BCUT2D eigenvalue weighted by molar-refractivity contribution is -0.116. The van der Waals surface area contributed by atoms with Crippen LogP contribution in [0.25, 0.3) is 0 Å². The second kappa shape index (κ2) is 8.46. The van der Waals surface area contributed by atoms with Crippen molar-refractivity contribution in [3.63, 3.8) is 0 Å². The summed E-state index contributed by atoms with van der Waals surface area (Å²) in [5.74, 6) is 0.399. The van der Waals surface area contributed by atoms with Crippen LogP contribution < -0.4 is 5.32 Å². The highest BCUT2D eigenvalue weighted by atomic mass is 79.9. The van der Waals surface area contributed by atoms with E-state index < -0.39 is 0 Å². The van der Waals surface area contributed by atoms with Gasteiger partial charge in [-0.1, -0.05) is 29.3 Å². The lowest BCUT2D eigenvalue weighted by Crippen LogP contribution is -2.16. The van der Waals surface area contributed by atoms with E-state index in [4.69, 9.17) is 23.2 Å². The fourth-order valence-electron chi connectivity index (χ4n) is 2.60. The van der Waals surface area contributed by atoms with Crippen LogP contribution in [0.5, 0.6) is 0 Å². The first-order valence-electron chi connectivity index (χ1n) is 8.29. The number of nitrogens with one attached hydrogen (secondary N) is 1. The molecule has 9 heteroatoms. The van der Waals surface area contributed by atoms with Crippen LogP contribution in [0.4, 0.5) is 5.82 Å². The first-order chi connectivity index (χ1) is 12.8. The fourth-order valence-corrected chi connectivity index (χ4v) is 3.37. The summed E-state index contributed by atoms with van der Waals surface area (Å²) >= 11 is 15.6. The zero-order valence-corrected chi connectivity index (χ0v) is 17.9. The molecule has 0 atom stereocenters. The molecule has 3 aromatic rings. The molecule has 3 rings (SSSR count). The molecule has 0 spiro atoms. The van der Waals surface area contributed by atoms with Crippen LogP contribution in [0.1, 0.15) is 23.4 Å². The van der Waals surface area contributed by atoms with Crippen molar-refractivity contribution in [1.82, 2.24) is 19.6 Å². The number of benzene rings is 1. The van der Waals surface area contributed by atoms with Gasteiger partial charge in [0.15, 0.2) is 5.82 Å². The van der Waals surface area contributed by atoms with Gasteiger partial charge in [0.25, 0.3) is 0 Å². The molecular formula is C18H18BrCl2N5O. The van der Waals surface area contributed by atoms with E-state index in [0.29, 0.717) is 35.4 Å². The van der Waals surface area contributed by atoms with Crippen molar-refractivity contribution in [1.29, 1.82) is 0 Å². The van der Waals surface area contributed by atoms with E-state index >= 15 is 0 Å².